The highest BCUT2D eigenvalue weighted by atomic mass is 16.6. The number of hydrogen-bond donors (Lipinski definition) is 1. The Balaban J connectivity index is 1.74. The van der Waals surface area contributed by atoms with Crippen molar-refractivity contribution in [2.45, 2.75) is 26.4 Å². The van der Waals surface area contributed by atoms with E-state index in [4.69, 9.17) is 9.47 Å². The van der Waals surface area contributed by atoms with Gasteiger partial charge in [0.25, 0.3) is 0 Å². The molecule has 34 heavy (non-hydrogen) atoms. The predicted octanol–water partition coefficient (Wildman–Crippen LogP) is 5.30. The zero-order valence-corrected chi connectivity index (χ0v) is 19.2. The van der Waals surface area contributed by atoms with E-state index in [0.717, 1.165) is 11.1 Å². The number of nitrogens with zero attached hydrogens (tertiary/aromatic N) is 3. The van der Waals surface area contributed by atoms with Crippen LogP contribution in [0.25, 0.3) is 34.2 Å². The van der Waals surface area contributed by atoms with Gasteiger partial charge < -0.3 is 14.6 Å². The molecule has 1 N–H and O–H groups in total. The van der Waals surface area contributed by atoms with E-state index in [1.807, 2.05) is 60.7 Å². The molecule has 0 saturated heterocycles. The van der Waals surface area contributed by atoms with Crippen molar-refractivity contribution >= 4 is 5.97 Å². The Morgan fingerprint density at radius 2 is 1.35 bits per heavy atom. The lowest BCUT2D eigenvalue weighted by Gasteiger charge is -2.24. The molecule has 0 radical (unpaired) electrons. The van der Waals surface area contributed by atoms with E-state index in [9.17, 15) is 9.90 Å². The molecule has 3 aromatic carbocycles. The first-order valence-corrected chi connectivity index (χ1v) is 10.9. The summed E-state index contributed by atoms with van der Waals surface area (Å²) in [6.45, 7) is 5.21. The molecule has 0 spiro atoms. The number of rotatable bonds is 7. The van der Waals surface area contributed by atoms with Crippen molar-refractivity contribution in [3.05, 3.63) is 78.9 Å². The first-order valence-electron chi connectivity index (χ1n) is 10.9. The van der Waals surface area contributed by atoms with Crippen molar-refractivity contribution in [1.82, 2.24) is 15.0 Å². The van der Waals surface area contributed by atoms with Gasteiger partial charge in [-0.05, 0) is 32.9 Å². The van der Waals surface area contributed by atoms with Crippen LogP contribution in [-0.2, 0) is 9.53 Å². The van der Waals surface area contributed by atoms with E-state index in [-0.39, 0.29) is 12.4 Å². The van der Waals surface area contributed by atoms with Crippen LogP contribution in [0.4, 0.5) is 0 Å². The minimum atomic E-state index is -1.21. The molecule has 1 aromatic heterocycles. The molecule has 0 bridgehead atoms. The third-order valence-corrected chi connectivity index (χ3v) is 5.05. The van der Waals surface area contributed by atoms with Gasteiger partial charge in [0.15, 0.2) is 23.1 Å². The highest BCUT2D eigenvalue weighted by molar-refractivity contribution is 5.79. The summed E-state index contributed by atoms with van der Waals surface area (Å²) in [6, 6.07) is 23.9. The molecule has 4 rings (SSSR count). The first kappa shape index (κ1) is 22.9. The predicted molar refractivity (Wildman–Crippen MR) is 129 cm³/mol. The fourth-order valence-corrected chi connectivity index (χ4v) is 3.33. The van der Waals surface area contributed by atoms with Crippen molar-refractivity contribution in [3.8, 4) is 45.7 Å². The lowest BCUT2D eigenvalue weighted by Crippen LogP contribution is -2.39. The first-order chi connectivity index (χ1) is 16.4. The van der Waals surface area contributed by atoms with Crippen molar-refractivity contribution in [2.24, 2.45) is 0 Å². The van der Waals surface area contributed by atoms with Gasteiger partial charge in [0.2, 0.25) is 0 Å². The van der Waals surface area contributed by atoms with Crippen LogP contribution in [0.1, 0.15) is 20.8 Å². The Labute approximate surface area is 198 Å². The maximum absolute atomic E-state index is 12.2. The fourth-order valence-electron chi connectivity index (χ4n) is 3.33. The number of phenols is 1. The van der Waals surface area contributed by atoms with Crippen LogP contribution in [0.3, 0.4) is 0 Å². The van der Waals surface area contributed by atoms with E-state index in [2.05, 4.69) is 15.0 Å². The number of carbonyl (C=O) groups is 1. The lowest BCUT2D eigenvalue weighted by atomic mass is 10.1. The van der Waals surface area contributed by atoms with Gasteiger partial charge in [-0.2, -0.15) is 0 Å². The Morgan fingerprint density at radius 1 is 0.824 bits per heavy atom. The van der Waals surface area contributed by atoms with Gasteiger partial charge in [-0.25, -0.2) is 19.7 Å². The highest BCUT2D eigenvalue weighted by Gasteiger charge is 2.32. The average molecular weight is 456 g/mol. The number of ether oxygens (including phenoxy) is 2. The third-order valence-electron chi connectivity index (χ3n) is 5.05. The minimum absolute atomic E-state index is 0.0821. The smallest absolute Gasteiger partial charge is 0.349 e. The van der Waals surface area contributed by atoms with Crippen LogP contribution in [0.5, 0.6) is 11.5 Å². The standard InChI is InChI=1S/C27H25N3O4/c1-4-33-26(32)27(2,3)34-20-15-16-21(22(31)17-20)25-29-23(18-11-7-5-8-12-18)28-24(30-25)19-13-9-6-10-14-19/h5-17,31H,4H2,1-3H3. The molecule has 0 aliphatic carbocycles. The van der Waals surface area contributed by atoms with E-state index >= 15 is 0 Å². The van der Waals surface area contributed by atoms with E-state index in [0.29, 0.717) is 28.8 Å². The Hall–Kier alpha value is -4.26. The summed E-state index contributed by atoms with van der Waals surface area (Å²) in [5, 5.41) is 10.8. The largest absolute Gasteiger partial charge is 0.507 e. The monoisotopic (exact) mass is 455 g/mol. The van der Waals surface area contributed by atoms with Gasteiger partial charge in [-0.3, -0.25) is 0 Å². The van der Waals surface area contributed by atoms with Gasteiger partial charge in [0, 0.05) is 17.2 Å². The Morgan fingerprint density at radius 3 is 1.85 bits per heavy atom. The van der Waals surface area contributed by atoms with Gasteiger partial charge in [-0.15, -0.1) is 0 Å². The molecule has 0 atom stereocenters. The second kappa shape index (κ2) is 9.70. The summed E-state index contributed by atoms with van der Waals surface area (Å²) in [7, 11) is 0. The zero-order chi connectivity index (χ0) is 24.1. The molecule has 172 valence electrons. The maximum atomic E-state index is 12.2. The molecule has 1 heterocycles. The Bertz CT molecular complexity index is 1230. The normalized spacial score (nSPS) is 11.1. The van der Waals surface area contributed by atoms with E-state index in [1.54, 1.807) is 32.9 Å². The zero-order valence-electron chi connectivity index (χ0n) is 19.2. The second-order valence-corrected chi connectivity index (χ2v) is 8.05. The molecule has 0 saturated carbocycles. The van der Waals surface area contributed by atoms with Gasteiger partial charge in [-0.1, -0.05) is 60.7 Å². The van der Waals surface area contributed by atoms with E-state index < -0.39 is 11.6 Å². The topological polar surface area (TPSA) is 94.4 Å². The van der Waals surface area contributed by atoms with Gasteiger partial charge >= 0.3 is 5.97 Å². The molecule has 0 unspecified atom stereocenters. The maximum Gasteiger partial charge on any atom is 0.349 e. The summed E-state index contributed by atoms with van der Waals surface area (Å²) in [5.41, 5.74) is 0.869. The van der Waals surface area contributed by atoms with Crippen LogP contribution in [0.15, 0.2) is 78.9 Å². The molecule has 7 nitrogen and oxygen atoms in total. The lowest BCUT2D eigenvalue weighted by molar-refractivity contribution is -0.158. The highest BCUT2D eigenvalue weighted by Crippen LogP contribution is 2.34. The van der Waals surface area contributed by atoms with Crippen LogP contribution < -0.4 is 4.74 Å². The third kappa shape index (κ3) is 5.04. The SMILES string of the molecule is CCOC(=O)C(C)(C)Oc1ccc(-c2nc(-c3ccccc3)nc(-c3ccccc3)n2)c(O)c1. The number of carbonyl (C=O) groups excluding carboxylic acids is 1. The summed E-state index contributed by atoms with van der Waals surface area (Å²) >= 11 is 0. The van der Waals surface area contributed by atoms with Crippen LogP contribution in [0.2, 0.25) is 0 Å². The number of hydrogen-bond acceptors (Lipinski definition) is 7. The molecular weight excluding hydrogens is 430 g/mol. The second-order valence-electron chi connectivity index (χ2n) is 8.05. The number of phenolic OH excluding ortho intramolecular Hbond substituents is 1. The molecule has 4 aromatic rings. The molecule has 0 fully saturated rings. The molecule has 0 aliphatic rings. The van der Waals surface area contributed by atoms with Crippen LogP contribution in [-0.4, -0.2) is 38.2 Å². The summed E-state index contributed by atoms with van der Waals surface area (Å²) in [4.78, 5) is 26.0. The molecular formula is C27H25N3O4. The summed E-state index contributed by atoms with van der Waals surface area (Å²) < 4.78 is 10.8. The van der Waals surface area contributed by atoms with Gasteiger partial charge in [0.05, 0.1) is 12.2 Å². The summed E-state index contributed by atoms with van der Waals surface area (Å²) in [6.07, 6.45) is 0. The van der Waals surface area contributed by atoms with Crippen molar-refractivity contribution in [1.29, 1.82) is 0 Å². The van der Waals surface area contributed by atoms with Crippen LogP contribution in [0, 0.1) is 0 Å². The van der Waals surface area contributed by atoms with E-state index in [1.165, 1.54) is 6.07 Å². The molecule has 7 heteroatoms. The fraction of sp³-hybridized carbons (Fsp3) is 0.185. The van der Waals surface area contributed by atoms with Crippen molar-refractivity contribution in [2.75, 3.05) is 6.61 Å². The molecule has 0 aliphatic heterocycles. The quantitative estimate of drug-likeness (QED) is 0.378. The number of aromatic hydroxyl groups is 1. The van der Waals surface area contributed by atoms with Crippen molar-refractivity contribution < 1.29 is 19.4 Å². The minimum Gasteiger partial charge on any atom is -0.507 e. The van der Waals surface area contributed by atoms with Crippen LogP contribution >= 0.6 is 0 Å². The number of esters is 1. The summed E-state index contributed by atoms with van der Waals surface area (Å²) in [5.74, 6) is 1.05. The average Bonchev–Trinajstić information content (AvgIpc) is 2.85. The van der Waals surface area contributed by atoms with Crippen molar-refractivity contribution in [3.63, 3.8) is 0 Å². The van der Waals surface area contributed by atoms with Gasteiger partial charge in [0.1, 0.15) is 11.5 Å². The number of aromatic nitrogens is 3. The number of benzene rings is 3. The Kier molecular flexibility index (Phi) is 6.54. The molecule has 0 amide bonds.